The Hall–Kier alpha value is 0.400. The normalized spacial score (nSPS) is 10.3. The van der Waals surface area contributed by atoms with Gasteiger partial charge < -0.3 is 0 Å². The van der Waals surface area contributed by atoms with Gasteiger partial charge in [-0.2, -0.15) is 0 Å². The Morgan fingerprint density at radius 1 is 1.21 bits per heavy atom. The Kier molecular flexibility index (Phi) is 4.88. The van der Waals surface area contributed by atoms with E-state index in [0.717, 1.165) is 17.3 Å². The fraction of sp³-hybridized carbons (Fsp3) is 0.125. The molecule has 0 aliphatic heterocycles. The van der Waals surface area contributed by atoms with Crippen LogP contribution in [0.4, 0.5) is 4.79 Å². The van der Waals surface area contributed by atoms with Gasteiger partial charge in [0.1, 0.15) is 0 Å². The summed E-state index contributed by atoms with van der Waals surface area (Å²) in [7, 11) is 0. The van der Waals surface area contributed by atoms with Gasteiger partial charge in [-0.15, -0.1) is 0 Å². The van der Waals surface area contributed by atoms with Gasteiger partial charge in [0.2, 0.25) is 0 Å². The van der Waals surface area contributed by atoms with E-state index in [1.165, 1.54) is 0 Å². The van der Waals surface area contributed by atoms with Crippen molar-refractivity contribution < 1.29 is 4.79 Å². The first-order valence-electron chi connectivity index (χ1n) is 3.46. The summed E-state index contributed by atoms with van der Waals surface area (Å²) in [6.07, 6.45) is 0. The predicted octanol–water partition coefficient (Wildman–Crippen LogP) is 5.24. The zero-order valence-electron chi connectivity index (χ0n) is 6.69. The van der Waals surface area contributed by atoms with Crippen LogP contribution in [0.3, 0.4) is 0 Å². The number of halogens is 4. The molecule has 1 nitrogen and oxygen atoms in total. The SMILES string of the molecule is O=C(Cl)SCc1cc(Cl)c(Cl)c(Cl)c1. The van der Waals surface area contributed by atoms with Gasteiger partial charge in [-0.25, -0.2) is 0 Å². The lowest BCUT2D eigenvalue weighted by Gasteiger charge is -2.03. The lowest BCUT2D eigenvalue weighted by molar-refractivity contribution is 0.276. The standard InChI is InChI=1S/C8H4Cl4OS/c9-5-1-4(3-14-8(12)13)2-6(10)7(5)11/h1-2H,3H2. The second-order valence-corrected chi connectivity index (χ2v) is 5.11. The molecule has 0 amide bonds. The van der Waals surface area contributed by atoms with Crippen molar-refractivity contribution in [2.75, 3.05) is 0 Å². The van der Waals surface area contributed by atoms with E-state index in [-0.39, 0.29) is 0 Å². The van der Waals surface area contributed by atoms with Gasteiger partial charge in [-0.05, 0) is 29.3 Å². The van der Waals surface area contributed by atoms with Crippen LogP contribution >= 0.6 is 58.2 Å². The van der Waals surface area contributed by atoms with Gasteiger partial charge in [-0.1, -0.05) is 46.6 Å². The molecule has 0 aromatic heterocycles. The van der Waals surface area contributed by atoms with Crippen LogP contribution < -0.4 is 0 Å². The molecule has 0 saturated heterocycles. The number of thioether (sulfide) groups is 1. The van der Waals surface area contributed by atoms with Crippen LogP contribution in [0.1, 0.15) is 5.56 Å². The zero-order chi connectivity index (χ0) is 10.7. The van der Waals surface area contributed by atoms with E-state index in [0.29, 0.717) is 20.8 Å². The van der Waals surface area contributed by atoms with Crippen LogP contribution in [0.2, 0.25) is 15.1 Å². The zero-order valence-corrected chi connectivity index (χ0v) is 10.5. The quantitative estimate of drug-likeness (QED) is 0.547. The van der Waals surface area contributed by atoms with Crippen molar-refractivity contribution in [3.05, 3.63) is 32.8 Å². The molecule has 0 unspecified atom stereocenters. The molecule has 0 aliphatic rings. The van der Waals surface area contributed by atoms with Gasteiger partial charge in [0.15, 0.2) is 0 Å². The number of benzene rings is 1. The number of carbonyl (C=O) groups is 1. The predicted molar refractivity (Wildman–Crippen MR) is 64.0 cm³/mol. The van der Waals surface area contributed by atoms with Crippen LogP contribution in [0.15, 0.2) is 12.1 Å². The highest BCUT2D eigenvalue weighted by Crippen LogP contribution is 2.32. The Morgan fingerprint density at radius 3 is 2.14 bits per heavy atom. The average molecular weight is 290 g/mol. The molecule has 0 radical (unpaired) electrons. The van der Waals surface area contributed by atoms with Crippen molar-refractivity contribution in [3.63, 3.8) is 0 Å². The smallest absolute Gasteiger partial charge is 0.268 e. The maximum absolute atomic E-state index is 10.5. The Bertz CT molecular complexity index is 343. The highest BCUT2D eigenvalue weighted by atomic mass is 35.5. The van der Waals surface area contributed by atoms with Crippen molar-refractivity contribution in [1.82, 2.24) is 0 Å². The molecule has 1 rings (SSSR count). The second kappa shape index (κ2) is 5.47. The van der Waals surface area contributed by atoms with E-state index in [4.69, 9.17) is 46.4 Å². The molecule has 76 valence electrons. The summed E-state index contributed by atoms with van der Waals surface area (Å²) >= 11 is 23.5. The van der Waals surface area contributed by atoms with E-state index in [9.17, 15) is 4.79 Å². The summed E-state index contributed by atoms with van der Waals surface area (Å²) in [5.74, 6) is 0.430. The highest BCUT2D eigenvalue weighted by molar-refractivity contribution is 8.15. The molecule has 0 saturated carbocycles. The summed E-state index contributed by atoms with van der Waals surface area (Å²) < 4.78 is -0.466. The monoisotopic (exact) mass is 288 g/mol. The summed E-state index contributed by atoms with van der Waals surface area (Å²) in [6, 6.07) is 3.31. The maximum atomic E-state index is 10.5. The lowest BCUT2D eigenvalue weighted by Crippen LogP contribution is -1.84. The van der Waals surface area contributed by atoms with E-state index >= 15 is 0 Å². The van der Waals surface area contributed by atoms with Crippen LogP contribution in [-0.4, -0.2) is 4.57 Å². The third-order valence-corrected chi connectivity index (χ3v) is 3.62. The van der Waals surface area contributed by atoms with Crippen molar-refractivity contribution in [1.29, 1.82) is 0 Å². The molecule has 0 fully saturated rings. The Morgan fingerprint density at radius 2 is 1.71 bits per heavy atom. The minimum absolute atomic E-state index is 0.319. The Labute approximate surface area is 106 Å². The van der Waals surface area contributed by atoms with Crippen LogP contribution in [0.25, 0.3) is 0 Å². The van der Waals surface area contributed by atoms with Gasteiger partial charge in [0.25, 0.3) is 4.57 Å². The van der Waals surface area contributed by atoms with E-state index in [1.807, 2.05) is 0 Å². The molecular weight excluding hydrogens is 286 g/mol. The molecule has 0 aliphatic carbocycles. The molecule has 0 N–H and O–H groups in total. The number of hydrogen-bond donors (Lipinski definition) is 0. The molecule has 0 bridgehead atoms. The molecule has 1 aromatic carbocycles. The van der Waals surface area contributed by atoms with Crippen molar-refractivity contribution in [2.45, 2.75) is 5.75 Å². The first-order valence-corrected chi connectivity index (χ1v) is 5.96. The molecular formula is C8H4Cl4OS. The second-order valence-electron chi connectivity index (χ2n) is 2.40. The largest absolute Gasteiger partial charge is 0.279 e. The minimum Gasteiger partial charge on any atom is -0.268 e. The molecule has 0 atom stereocenters. The molecule has 6 heteroatoms. The van der Waals surface area contributed by atoms with E-state index in [1.54, 1.807) is 12.1 Å². The molecule has 0 spiro atoms. The molecule has 0 heterocycles. The number of hydrogen-bond acceptors (Lipinski definition) is 2. The van der Waals surface area contributed by atoms with Crippen LogP contribution in [0.5, 0.6) is 0 Å². The summed E-state index contributed by atoms with van der Waals surface area (Å²) in [5.41, 5.74) is 0.809. The van der Waals surface area contributed by atoms with E-state index in [2.05, 4.69) is 0 Å². The molecule has 14 heavy (non-hydrogen) atoms. The lowest BCUT2D eigenvalue weighted by atomic mass is 10.2. The third-order valence-electron chi connectivity index (χ3n) is 1.40. The van der Waals surface area contributed by atoms with Gasteiger partial charge in [0.05, 0.1) is 15.1 Å². The van der Waals surface area contributed by atoms with E-state index < -0.39 is 4.57 Å². The summed E-state index contributed by atoms with van der Waals surface area (Å²) in [4.78, 5) is 10.5. The van der Waals surface area contributed by atoms with Crippen molar-refractivity contribution in [2.24, 2.45) is 0 Å². The summed E-state index contributed by atoms with van der Waals surface area (Å²) in [5, 5.41) is 1.06. The first kappa shape index (κ1) is 12.5. The fourth-order valence-corrected chi connectivity index (χ4v) is 2.08. The van der Waals surface area contributed by atoms with Gasteiger partial charge in [0, 0.05) is 5.75 Å². The highest BCUT2D eigenvalue weighted by Gasteiger charge is 2.07. The topological polar surface area (TPSA) is 17.1 Å². The van der Waals surface area contributed by atoms with Gasteiger partial charge in [-0.3, -0.25) is 4.79 Å². The average Bonchev–Trinajstić information content (AvgIpc) is 2.10. The minimum atomic E-state index is -0.466. The third kappa shape index (κ3) is 3.52. The maximum Gasteiger partial charge on any atom is 0.279 e. The molecule has 1 aromatic rings. The first-order chi connectivity index (χ1) is 6.50. The van der Waals surface area contributed by atoms with Gasteiger partial charge >= 0.3 is 0 Å². The van der Waals surface area contributed by atoms with Crippen LogP contribution in [0, 0.1) is 0 Å². The number of rotatable bonds is 2. The Balaban J connectivity index is 2.84. The van der Waals surface area contributed by atoms with Crippen LogP contribution in [-0.2, 0) is 5.75 Å². The fourth-order valence-electron chi connectivity index (χ4n) is 0.831. The van der Waals surface area contributed by atoms with Crippen molar-refractivity contribution >= 4 is 62.7 Å². The number of carbonyl (C=O) groups excluding carboxylic acids is 1. The van der Waals surface area contributed by atoms with Crippen molar-refractivity contribution in [3.8, 4) is 0 Å². The summed E-state index contributed by atoms with van der Waals surface area (Å²) in [6.45, 7) is 0.